The maximum Gasteiger partial charge on any atom is 1.00 e. The molecule has 8 N–H and O–H groups in total. The fourth-order valence-corrected chi connectivity index (χ4v) is 13.0. The number of carbonyl (C=O) groups is 4. The predicted molar refractivity (Wildman–Crippen MR) is 323 cm³/mol. The maximum absolute atomic E-state index is 14.1. The number of ether oxygens (including phenoxy) is 1. The van der Waals surface area contributed by atoms with Gasteiger partial charge in [-0.2, -0.15) is 0 Å². The summed E-state index contributed by atoms with van der Waals surface area (Å²) in [4.78, 5) is 53.5. The van der Waals surface area contributed by atoms with Gasteiger partial charge in [0.2, 0.25) is 11.8 Å². The molecule has 2 aliphatic carbocycles. The first-order chi connectivity index (χ1) is 40.3. The fraction of sp³-hybridized carbons (Fsp3) is 0.582. The number of carbonyl (C=O) groups excluding carboxylic acids is 3. The molecule has 20 heteroatoms. The summed E-state index contributed by atoms with van der Waals surface area (Å²) in [5.41, 5.74) is 4.78. The van der Waals surface area contributed by atoms with Crippen molar-refractivity contribution in [2.24, 2.45) is 0 Å². The maximum atomic E-state index is 14.1. The van der Waals surface area contributed by atoms with Crippen LogP contribution in [0.2, 0.25) is 0 Å². The van der Waals surface area contributed by atoms with Crippen molar-refractivity contribution >= 4 is 23.8 Å². The second-order valence-corrected chi connectivity index (χ2v) is 26.3. The number of aliphatic hydroxyl groups excluding tert-OH is 2. The molecule has 4 aromatic rings. The number of carboxylic acid groups (broad SMARTS) is 1. The van der Waals surface area contributed by atoms with E-state index in [-0.39, 0.29) is 97.1 Å². The Balaban J connectivity index is 0.000000310. The Morgan fingerprint density at radius 1 is 0.575 bits per heavy atom. The number of benzene rings is 4. The monoisotopic (exact) mass is 1210 g/mol. The number of hydrogen-bond donors (Lipinski definition) is 7. The van der Waals surface area contributed by atoms with Gasteiger partial charge in [0, 0.05) is 36.3 Å². The Hall–Kier alpha value is -5.20. The van der Waals surface area contributed by atoms with Crippen LogP contribution < -0.4 is 40.1 Å². The van der Waals surface area contributed by atoms with E-state index in [4.69, 9.17) is 4.74 Å². The first-order valence-electron chi connectivity index (χ1n) is 30.6. The largest absolute Gasteiger partial charge is 1.00 e. The van der Waals surface area contributed by atoms with E-state index in [1.165, 1.54) is 53.6 Å². The van der Waals surface area contributed by atoms with E-state index in [0.717, 1.165) is 82.8 Å². The van der Waals surface area contributed by atoms with Gasteiger partial charge in [-0.3, -0.25) is 29.0 Å². The summed E-state index contributed by atoms with van der Waals surface area (Å²) in [6.45, 7) is 14.3. The van der Waals surface area contributed by atoms with E-state index in [1.807, 2.05) is 0 Å². The number of aliphatic hydroxyl groups is 2. The zero-order valence-electron chi connectivity index (χ0n) is 52.3. The zero-order chi connectivity index (χ0) is 61.7. The molecule has 0 bridgehead atoms. The number of amides is 2. The van der Waals surface area contributed by atoms with E-state index in [1.54, 1.807) is 9.80 Å². The molecule has 15 nitrogen and oxygen atoms in total. The number of halogens is 4. The number of rotatable bonds is 22. The van der Waals surface area contributed by atoms with Gasteiger partial charge in [-0.15, -0.1) is 0 Å². The van der Waals surface area contributed by atoms with Crippen LogP contribution in [0.3, 0.4) is 0 Å². The number of hydrogen-bond acceptors (Lipinski definition) is 12. The van der Waals surface area contributed by atoms with Gasteiger partial charge in [0.1, 0.15) is 23.3 Å². The van der Waals surface area contributed by atoms with E-state index in [2.05, 4.69) is 111 Å². The summed E-state index contributed by atoms with van der Waals surface area (Å²) < 4.78 is 61.0. The Morgan fingerprint density at radius 3 is 1.29 bits per heavy atom. The number of methoxy groups -OCH3 is 1. The Bertz CT molecular complexity index is 2860. The SMILES string of the molecule is CC(C)(C)c1cccc(C2(NC[C@@H](O)[C@H](Cc3cc(F)cc(F)c3)NC(=O)C3CCCN3CC(=O)O)CCCCC2)c1.COC(=O)CN1CCCC1C(=O)N[C@@H](Cc1cc(F)cc(F)c1)[C@H](O)CNC1(c2cccc(C(C)(C)C)c2)CCCCC1.[Li+].[OH-]. The van der Waals surface area contributed by atoms with Gasteiger partial charge >= 0.3 is 30.8 Å². The third-order valence-corrected chi connectivity index (χ3v) is 17.8. The van der Waals surface area contributed by atoms with E-state index in [0.29, 0.717) is 43.5 Å². The topological polar surface area (TPSA) is 223 Å². The number of aliphatic carboxylic acids is 1. The summed E-state index contributed by atoms with van der Waals surface area (Å²) in [6, 6.07) is 20.8. The molecule has 4 fully saturated rings. The van der Waals surface area contributed by atoms with Gasteiger partial charge in [0.25, 0.3) is 0 Å². The Morgan fingerprint density at radius 2 is 0.943 bits per heavy atom. The second-order valence-electron chi connectivity index (χ2n) is 26.3. The van der Waals surface area contributed by atoms with Gasteiger partial charge in [-0.25, -0.2) is 17.6 Å². The molecule has 0 aromatic heterocycles. The number of likely N-dealkylation sites (tertiary alicyclic amines) is 2. The fourth-order valence-electron chi connectivity index (χ4n) is 13.0. The first-order valence-corrected chi connectivity index (χ1v) is 30.6. The molecule has 0 spiro atoms. The summed E-state index contributed by atoms with van der Waals surface area (Å²) in [5.74, 6) is -5.05. The van der Waals surface area contributed by atoms with Crippen LogP contribution in [0, 0.1) is 23.3 Å². The molecule has 2 aliphatic heterocycles. The summed E-state index contributed by atoms with van der Waals surface area (Å²) in [7, 11) is 1.31. The van der Waals surface area contributed by atoms with E-state index < -0.39 is 71.6 Å². The third kappa shape index (κ3) is 20.4. The molecular formula is C67H93F4LiN6O9. The van der Waals surface area contributed by atoms with Crippen LogP contribution in [0.25, 0.3) is 0 Å². The summed E-state index contributed by atoms with van der Waals surface area (Å²) >= 11 is 0. The van der Waals surface area contributed by atoms with Crippen molar-refractivity contribution in [1.29, 1.82) is 0 Å². The minimum Gasteiger partial charge on any atom is -0.870 e. The normalized spacial score (nSPS) is 20.1. The van der Waals surface area contributed by atoms with E-state index >= 15 is 0 Å². The van der Waals surface area contributed by atoms with Crippen molar-refractivity contribution in [2.45, 2.75) is 203 Å². The van der Waals surface area contributed by atoms with Gasteiger partial charge in [-0.1, -0.05) is 129 Å². The third-order valence-electron chi connectivity index (χ3n) is 17.8. The molecule has 2 unspecified atom stereocenters. The zero-order valence-corrected chi connectivity index (χ0v) is 52.3. The average molecular weight is 1210 g/mol. The van der Waals surface area contributed by atoms with Gasteiger partial charge in [0.15, 0.2) is 0 Å². The molecule has 0 radical (unpaired) electrons. The molecule has 474 valence electrons. The minimum absolute atomic E-state index is 0. The van der Waals surface area contributed by atoms with Crippen LogP contribution in [0.4, 0.5) is 17.6 Å². The standard InChI is InChI=1S/C34H47F2N3O4.C33H45F2N3O4.Li.H2O/c1-33(2,3)24-10-8-11-25(19-24)34(13-6-5-7-14-34)37-21-30(40)28(18-23-16-26(35)20-27(36)17-23)38-32(42)29-12-9-15-39(29)22-31(41)43-4;1-32(2,3)23-9-7-10-24(18-23)33(12-5-4-6-13-33)36-20-29(39)27(17-22-15-25(34)19-26(35)16-22)37-31(42)28-11-8-14-38(28)21-30(40)41;;/h8,10-11,16-17,19-20,28-30,37,40H,5-7,9,12-15,18,21-22H2,1-4H3,(H,38,42);7,9-10,15-16,18-19,27-29,36,39H,4-6,8,11-14,17,20-21H2,1-3H3,(H,37,42)(H,40,41);;1H2/q;;+1;/p-1/t28-,29?,30+;27-,28?,29+;;/m00../s1. The van der Waals surface area contributed by atoms with Crippen LogP contribution in [0.1, 0.15) is 165 Å². The molecule has 4 aliphatic rings. The van der Waals surface area contributed by atoms with Crippen molar-refractivity contribution in [3.63, 3.8) is 0 Å². The molecule has 6 atom stereocenters. The van der Waals surface area contributed by atoms with Crippen LogP contribution in [0.5, 0.6) is 0 Å². The van der Waals surface area contributed by atoms with Gasteiger partial charge in [-0.05, 0) is 146 Å². The number of nitrogens with zero attached hydrogens (tertiary/aromatic N) is 2. The summed E-state index contributed by atoms with van der Waals surface area (Å²) in [6.07, 6.45) is 10.6. The molecule has 87 heavy (non-hydrogen) atoms. The molecule has 2 saturated carbocycles. The average Bonchev–Trinajstić information content (AvgIpc) is 1.81. The van der Waals surface area contributed by atoms with Crippen molar-refractivity contribution in [3.8, 4) is 0 Å². The van der Waals surface area contributed by atoms with Gasteiger partial charge in [0.05, 0.1) is 56.6 Å². The quantitative estimate of drug-likeness (QED) is 0.0265. The molecule has 2 saturated heterocycles. The van der Waals surface area contributed by atoms with E-state index in [9.17, 15) is 52.1 Å². The summed E-state index contributed by atoms with van der Waals surface area (Å²) in [5, 5.41) is 45.6. The second kappa shape index (κ2) is 32.5. The van der Waals surface area contributed by atoms with Crippen molar-refractivity contribution in [3.05, 3.63) is 142 Å². The van der Waals surface area contributed by atoms with Crippen molar-refractivity contribution in [2.75, 3.05) is 46.4 Å². The Kier molecular flexibility index (Phi) is 27.1. The molecular weight excluding hydrogens is 1120 g/mol. The van der Waals surface area contributed by atoms with Crippen LogP contribution >= 0.6 is 0 Å². The molecule has 4 aromatic carbocycles. The molecule has 8 rings (SSSR count). The number of nitrogens with one attached hydrogen (secondary N) is 4. The predicted octanol–water partition coefficient (Wildman–Crippen LogP) is 6.21. The smallest absolute Gasteiger partial charge is 0.870 e. The molecule has 2 heterocycles. The van der Waals surface area contributed by atoms with Gasteiger partial charge < -0.3 is 46.8 Å². The van der Waals surface area contributed by atoms with Crippen LogP contribution in [-0.2, 0) is 58.7 Å². The molecule has 2 amide bonds. The number of carboxylic acids is 1. The first kappa shape index (κ1) is 72.5. The minimum atomic E-state index is -1.07. The van der Waals surface area contributed by atoms with Crippen molar-refractivity contribution < 1.29 is 81.1 Å². The van der Waals surface area contributed by atoms with Crippen LogP contribution in [-0.4, -0.2) is 137 Å². The number of esters is 1. The Labute approximate surface area is 524 Å². The van der Waals surface area contributed by atoms with Crippen LogP contribution in [0.15, 0.2) is 84.9 Å². The van der Waals surface area contributed by atoms with Crippen molar-refractivity contribution in [1.82, 2.24) is 31.1 Å².